The van der Waals surface area contributed by atoms with Crippen molar-refractivity contribution in [2.75, 3.05) is 43.0 Å². The number of ether oxygens (including phenoxy) is 1. The second-order valence-electron chi connectivity index (χ2n) is 9.63. The highest BCUT2D eigenvalue weighted by Crippen LogP contribution is 2.48. The molecule has 0 bridgehead atoms. The molecule has 2 aliphatic heterocycles. The van der Waals surface area contributed by atoms with Crippen LogP contribution in [0.15, 0.2) is 11.0 Å². The van der Waals surface area contributed by atoms with E-state index in [4.69, 9.17) is 10.5 Å². The Kier molecular flexibility index (Phi) is 5.91. The first-order chi connectivity index (χ1) is 16.7. The second-order valence-corrected chi connectivity index (χ2v) is 11.7. The number of halogens is 1. The Labute approximate surface area is 201 Å². The van der Waals surface area contributed by atoms with E-state index in [0.717, 1.165) is 44.9 Å². The fourth-order valence-corrected chi connectivity index (χ4v) is 7.08. The molecule has 0 atom stereocenters. The van der Waals surface area contributed by atoms with Gasteiger partial charge in [0.1, 0.15) is 17.9 Å². The molecule has 2 aromatic rings. The lowest BCUT2D eigenvalue weighted by Crippen LogP contribution is -2.42. The van der Waals surface area contributed by atoms with Crippen molar-refractivity contribution >= 4 is 38.3 Å². The number of carboxylic acids is 1. The maximum absolute atomic E-state index is 15.5. The first kappa shape index (κ1) is 23.9. The highest BCUT2D eigenvalue weighted by molar-refractivity contribution is 7.89. The first-order valence-corrected chi connectivity index (χ1v) is 13.6. The summed E-state index contributed by atoms with van der Waals surface area (Å²) in [4.78, 5) is 24.8. The monoisotopic (exact) mass is 508 g/mol. The summed E-state index contributed by atoms with van der Waals surface area (Å²) < 4.78 is 50.1. The topological polar surface area (TPSA) is 144 Å². The summed E-state index contributed by atoms with van der Waals surface area (Å²) in [5.41, 5.74) is 3.80. The van der Waals surface area contributed by atoms with Crippen LogP contribution < -0.4 is 21.2 Å². The van der Waals surface area contributed by atoms with Crippen molar-refractivity contribution < 1.29 is 27.4 Å². The van der Waals surface area contributed by atoms with Crippen LogP contribution in [0.1, 0.15) is 55.3 Å². The van der Waals surface area contributed by atoms with Gasteiger partial charge in [0, 0.05) is 25.8 Å². The number of carbonyl (C=O) groups is 1. The van der Waals surface area contributed by atoms with E-state index in [2.05, 4.69) is 5.32 Å². The average Bonchev–Trinajstić information content (AvgIpc) is 3.30. The van der Waals surface area contributed by atoms with E-state index in [1.165, 1.54) is 10.5 Å². The number of aromatic nitrogens is 1. The lowest BCUT2D eigenvalue weighted by Gasteiger charge is -2.39. The van der Waals surface area contributed by atoms with E-state index in [1.54, 1.807) is 4.57 Å². The van der Waals surface area contributed by atoms with E-state index in [9.17, 15) is 23.1 Å². The highest BCUT2D eigenvalue weighted by Gasteiger charge is 2.43. The van der Waals surface area contributed by atoms with E-state index < -0.39 is 44.0 Å². The number of nitrogen functional groups attached to an aromatic ring is 1. The summed E-state index contributed by atoms with van der Waals surface area (Å²) in [6, 6.07) is 0. The normalized spacial score (nSPS) is 19.7. The van der Waals surface area contributed by atoms with Crippen LogP contribution >= 0.6 is 0 Å². The van der Waals surface area contributed by atoms with Crippen molar-refractivity contribution in [1.29, 1.82) is 0 Å². The van der Waals surface area contributed by atoms with Gasteiger partial charge in [-0.1, -0.05) is 19.3 Å². The van der Waals surface area contributed by atoms with Gasteiger partial charge in [-0.2, -0.15) is 0 Å². The van der Waals surface area contributed by atoms with E-state index in [1.807, 2.05) is 0 Å². The third kappa shape index (κ3) is 3.83. The Hall–Kier alpha value is -2.86. The number of sulfonamides is 1. The van der Waals surface area contributed by atoms with Crippen molar-refractivity contribution in [3.63, 3.8) is 0 Å². The predicted molar refractivity (Wildman–Crippen MR) is 129 cm³/mol. The van der Waals surface area contributed by atoms with Crippen molar-refractivity contribution in [3.05, 3.63) is 27.8 Å². The number of rotatable bonds is 6. The standard InChI is InChI=1S/C23H29FN4O6S/c24-16-17(25)15-19-21(18(16)26-8-11-35(32,33)27-9-4-1-5-10-27)34-13-23(6-2-3-7-23)28(19)12-14(20(15)29)22(30)31/h12,26H,1-11,13,25H2,(H,30,31). The van der Waals surface area contributed by atoms with Crippen molar-refractivity contribution in [2.24, 2.45) is 0 Å². The molecule has 2 fully saturated rings. The molecule has 3 aliphatic rings. The third-order valence-electron chi connectivity index (χ3n) is 7.51. The van der Waals surface area contributed by atoms with Crippen molar-refractivity contribution in [2.45, 2.75) is 50.5 Å². The SMILES string of the molecule is Nc1c(F)c(NCCS(=O)(=O)N2CCCCC2)c2c3c1c(=O)c(C(=O)O)cn3C1(CCCC1)CO2. The Morgan fingerprint density at radius 3 is 2.54 bits per heavy atom. The molecule has 0 radical (unpaired) electrons. The molecule has 5 rings (SSSR count). The molecular weight excluding hydrogens is 479 g/mol. The zero-order valence-corrected chi connectivity index (χ0v) is 20.1. The largest absolute Gasteiger partial charge is 0.487 e. The summed E-state index contributed by atoms with van der Waals surface area (Å²) in [5.74, 6) is -2.56. The minimum atomic E-state index is -3.52. The second kappa shape index (κ2) is 8.66. The number of hydrogen-bond acceptors (Lipinski definition) is 7. The van der Waals surface area contributed by atoms with Crippen LogP contribution in [-0.4, -0.2) is 60.4 Å². The van der Waals surface area contributed by atoms with Crippen LogP contribution in [0.4, 0.5) is 15.8 Å². The van der Waals surface area contributed by atoms with Gasteiger partial charge in [-0.15, -0.1) is 0 Å². The lowest BCUT2D eigenvalue weighted by molar-refractivity contribution is 0.0692. The van der Waals surface area contributed by atoms with Gasteiger partial charge in [0.15, 0.2) is 11.6 Å². The quantitative estimate of drug-likeness (QED) is 0.504. The molecule has 1 saturated carbocycles. The number of fused-ring (bicyclic) bond motifs is 1. The molecule has 10 nitrogen and oxygen atoms in total. The zero-order valence-electron chi connectivity index (χ0n) is 19.3. The fraction of sp³-hybridized carbons (Fsp3) is 0.565. The van der Waals surface area contributed by atoms with Crippen LogP contribution in [0.25, 0.3) is 10.9 Å². The van der Waals surface area contributed by atoms with Crippen LogP contribution in [0.5, 0.6) is 5.75 Å². The highest BCUT2D eigenvalue weighted by atomic mass is 32.2. The van der Waals surface area contributed by atoms with Gasteiger partial charge >= 0.3 is 5.97 Å². The van der Waals surface area contributed by atoms with E-state index in [-0.39, 0.29) is 41.2 Å². The van der Waals surface area contributed by atoms with Gasteiger partial charge < -0.3 is 25.5 Å². The number of pyridine rings is 1. The van der Waals surface area contributed by atoms with Gasteiger partial charge in [-0.05, 0) is 25.7 Å². The summed E-state index contributed by atoms with van der Waals surface area (Å²) in [6.07, 6.45) is 7.20. The first-order valence-electron chi connectivity index (χ1n) is 11.9. The summed E-state index contributed by atoms with van der Waals surface area (Å²) in [5, 5.41) is 12.2. The number of aromatic carboxylic acids is 1. The van der Waals surface area contributed by atoms with Gasteiger partial charge in [0.2, 0.25) is 15.5 Å². The molecule has 1 saturated heterocycles. The van der Waals surface area contributed by atoms with Gasteiger partial charge in [-0.25, -0.2) is 21.9 Å². The molecule has 0 amide bonds. The molecule has 4 N–H and O–H groups in total. The smallest absolute Gasteiger partial charge is 0.341 e. The summed E-state index contributed by atoms with van der Waals surface area (Å²) in [6.45, 7) is 1.06. The van der Waals surface area contributed by atoms with Gasteiger partial charge in [0.05, 0.1) is 27.9 Å². The average molecular weight is 509 g/mol. The molecule has 12 heteroatoms. The number of hydrogen-bond donors (Lipinski definition) is 3. The summed E-state index contributed by atoms with van der Waals surface area (Å²) >= 11 is 0. The fourth-order valence-electron chi connectivity index (χ4n) is 5.65. The maximum atomic E-state index is 15.5. The molecule has 3 heterocycles. The number of nitrogens with two attached hydrogens (primary N) is 1. The Balaban J connectivity index is 1.58. The van der Waals surface area contributed by atoms with Gasteiger partial charge in [-0.3, -0.25) is 4.79 Å². The molecule has 1 aliphatic carbocycles. The van der Waals surface area contributed by atoms with Crippen LogP contribution in [0.3, 0.4) is 0 Å². The Morgan fingerprint density at radius 2 is 1.89 bits per heavy atom. The predicted octanol–water partition coefficient (Wildman–Crippen LogP) is 2.31. The van der Waals surface area contributed by atoms with Crippen molar-refractivity contribution in [1.82, 2.24) is 8.87 Å². The number of nitrogens with zero attached hydrogens (tertiary/aromatic N) is 2. The van der Waals surface area contributed by atoms with Gasteiger partial charge in [0.25, 0.3) is 0 Å². The molecule has 0 unspecified atom stereocenters. The van der Waals surface area contributed by atoms with E-state index in [0.29, 0.717) is 13.1 Å². The summed E-state index contributed by atoms with van der Waals surface area (Å²) in [7, 11) is -3.52. The number of nitrogens with one attached hydrogen (secondary N) is 1. The third-order valence-corrected chi connectivity index (χ3v) is 9.38. The minimum Gasteiger partial charge on any atom is -0.487 e. The number of piperidine rings is 1. The molecule has 1 spiro atoms. The molecule has 1 aromatic carbocycles. The lowest BCUT2D eigenvalue weighted by atomic mass is 9.93. The molecular formula is C23H29FN4O6S. The Morgan fingerprint density at radius 1 is 1.20 bits per heavy atom. The minimum absolute atomic E-state index is 0.0497. The van der Waals surface area contributed by atoms with Crippen LogP contribution in [0.2, 0.25) is 0 Å². The number of anilines is 2. The number of carboxylic acid groups (broad SMARTS) is 1. The van der Waals surface area contributed by atoms with Crippen LogP contribution in [-0.2, 0) is 15.6 Å². The number of benzene rings is 1. The molecule has 35 heavy (non-hydrogen) atoms. The molecule has 190 valence electrons. The Bertz CT molecular complexity index is 1360. The van der Waals surface area contributed by atoms with Crippen molar-refractivity contribution in [3.8, 4) is 5.75 Å². The molecule has 1 aromatic heterocycles. The zero-order chi connectivity index (χ0) is 25.0. The van der Waals surface area contributed by atoms with Crippen LogP contribution in [0, 0.1) is 5.82 Å². The van der Waals surface area contributed by atoms with E-state index >= 15 is 4.39 Å². The maximum Gasteiger partial charge on any atom is 0.341 e.